The second-order valence-corrected chi connectivity index (χ2v) is 6.09. The molecule has 0 unspecified atom stereocenters. The van der Waals surface area contributed by atoms with Gasteiger partial charge in [-0.3, -0.25) is 4.72 Å². The standard InChI is InChI=1S/C14H18N2O3S/c1-3-15-10-13-7-8-14(19-13)20(17,18)16-12-6-4-5-11(2)9-12/h4-9,15-16H,3,10H2,1-2H3. The molecule has 2 rings (SSSR count). The van der Waals surface area contributed by atoms with Crippen molar-refractivity contribution in [1.29, 1.82) is 0 Å². The highest BCUT2D eigenvalue weighted by Gasteiger charge is 2.18. The second-order valence-electron chi connectivity index (χ2n) is 4.48. The molecule has 2 N–H and O–H groups in total. The van der Waals surface area contributed by atoms with Crippen LogP contribution in [0.2, 0.25) is 0 Å². The number of sulfonamides is 1. The van der Waals surface area contributed by atoms with Crippen LogP contribution in [0.5, 0.6) is 0 Å². The summed E-state index contributed by atoms with van der Waals surface area (Å²) < 4.78 is 32.2. The van der Waals surface area contributed by atoms with Crippen LogP contribution in [0.25, 0.3) is 0 Å². The fourth-order valence-electron chi connectivity index (χ4n) is 1.76. The summed E-state index contributed by atoms with van der Waals surface area (Å²) in [5.41, 5.74) is 1.51. The average Bonchev–Trinajstić information content (AvgIpc) is 2.85. The first-order chi connectivity index (χ1) is 9.51. The highest BCUT2D eigenvalue weighted by atomic mass is 32.2. The molecular weight excluding hydrogens is 276 g/mol. The van der Waals surface area contributed by atoms with E-state index in [9.17, 15) is 8.42 Å². The largest absolute Gasteiger partial charge is 0.446 e. The van der Waals surface area contributed by atoms with Gasteiger partial charge in [-0.2, -0.15) is 8.42 Å². The van der Waals surface area contributed by atoms with E-state index in [1.165, 1.54) is 6.07 Å². The van der Waals surface area contributed by atoms with Gasteiger partial charge in [-0.25, -0.2) is 0 Å². The van der Waals surface area contributed by atoms with Crippen molar-refractivity contribution < 1.29 is 12.8 Å². The lowest BCUT2D eigenvalue weighted by Gasteiger charge is -2.06. The highest BCUT2D eigenvalue weighted by molar-refractivity contribution is 7.92. The molecule has 20 heavy (non-hydrogen) atoms. The van der Waals surface area contributed by atoms with Crippen LogP contribution in [0, 0.1) is 6.92 Å². The summed E-state index contributed by atoms with van der Waals surface area (Å²) in [6.07, 6.45) is 0. The fraction of sp³-hybridized carbons (Fsp3) is 0.286. The van der Waals surface area contributed by atoms with Gasteiger partial charge in [-0.05, 0) is 43.3 Å². The molecule has 0 amide bonds. The molecule has 1 aromatic heterocycles. The number of nitrogens with one attached hydrogen (secondary N) is 2. The van der Waals surface area contributed by atoms with Crippen LogP contribution in [-0.2, 0) is 16.6 Å². The molecular formula is C14H18N2O3S. The van der Waals surface area contributed by atoms with Crippen molar-refractivity contribution >= 4 is 15.7 Å². The molecule has 0 saturated carbocycles. The number of hydrogen-bond donors (Lipinski definition) is 2. The third kappa shape index (κ3) is 3.61. The Labute approximate surface area is 119 Å². The molecule has 2 aromatic rings. The highest BCUT2D eigenvalue weighted by Crippen LogP contribution is 2.19. The van der Waals surface area contributed by atoms with E-state index < -0.39 is 10.0 Å². The van der Waals surface area contributed by atoms with Gasteiger partial charge in [0.1, 0.15) is 5.76 Å². The number of aryl methyl sites for hydroxylation is 1. The maximum absolute atomic E-state index is 12.2. The smallest absolute Gasteiger partial charge is 0.295 e. The van der Waals surface area contributed by atoms with Crippen LogP contribution in [0.1, 0.15) is 18.2 Å². The van der Waals surface area contributed by atoms with Gasteiger partial charge < -0.3 is 9.73 Å². The first-order valence-corrected chi connectivity index (χ1v) is 7.88. The number of hydrogen-bond acceptors (Lipinski definition) is 4. The van der Waals surface area contributed by atoms with Gasteiger partial charge >= 0.3 is 0 Å². The number of rotatable bonds is 6. The van der Waals surface area contributed by atoms with E-state index in [0.29, 0.717) is 18.0 Å². The Morgan fingerprint density at radius 3 is 2.70 bits per heavy atom. The number of furan rings is 1. The summed E-state index contributed by atoms with van der Waals surface area (Å²) in [4.78, 5) is 0. The lowest BCUT2D eigenvalue weighted by atomic mass is 10.2. The van der Waals surface area contributed by atoms with E-state index in [4.69, 9.17) is 4.42 Å². The van der Waals surface area contributed by atoms with E-state index in [0.717, 1.165) is 12.1 Å². The Bertz CT molecular complexity index is 677. The van der Waals surface area contributed by atoms with E-state index in [1.807, 2.05) is 19.9 Å². The molecule has 0 bridgehead atoms. The summed E-state index contributed by atoms with van der Waals surface area (Å²) in [5.74, 6) is 0.594. The molecule has 0 fully saturated rings. The van der Waals surface area contributed by atoms with Gasteiger partial charge in [-0.15, -0.1) is 0 Å². The Kier molecular flexibility index (Phi) is 4.46. The normalized spacial score (nSPS) is 11.5. The maximum atomic E-state index is 12.2. The zero-order chi connectivity index (χ0) is 14.6. The second kappa shape index (κ2) is 6.11. The quantitative estimate of drug-likeness (QED) is 0.858. The van der Waals surface area contributed by atoms with Crippen molar-refractivity contribution in [3.05, 3.63) is 47.7 Å². The average molecular weight is 294 g/mol. The van der Waals surface area contributed by atoms with E-state index in [2.05, 4.69) is 10.0 Å². The third-order valence-corrected chi connectivity index (χ3v) is 3.97. The van der Waals surface area contributed by atoms with Crippen LogP contribution >= 0.6 is 0 Å². The summed E-state index contributed by atoms with van der Waals surface area (Å²) in [6.45, 7) is 5.18. The van der Waals surface area contributed by atoms with Crippen molar-refractivity contribution in [2.45, 2.75) is 25.5 Å². The van der Waals surface area contributed by atoms with Crippen LogP contribution in [0.15, 0.2) is 45.9 Å². The van der Waals surface area contributed by atoms with Gasteiger partial charge in [0.15, 0.2) is 0 Å². The van der Waals surface area contributed by atoms with Crippen molar-refractivity contribution in [3.63, 3.8) is 0 Å². The monoisotopic (exact) mass is 294 g/mol. The van der Waals surface area contributed by atoms with Crippen molar-refractivity contribution in [2.75, 3.05) is 11.3 Å². The molecule has 0 spiro atoms. The SMILES string of the molecule is CCNCc1ccc(S(=O)(=O)Nc2cccc(C)c2)o1. The van der Waals surface area contributed by atoms with Gasteiger partial charge in [0, 0.05) is 5.69 Å². The minimum absolute atomic E-state index is 0.0769. The zero-order valence-corrected chi connectivity index (χ0v) is 12.3. The van der Waals surface area contributed by atoms with Crippen molar-refractivity contribution in [3.8, 4) is 0 Å². The topological polar surface area (TPSA) is 71.3 Å². The predicted molar refractivity (Wildman–Crippen MR) is 78.1 cm³/mol. The summed E-state index contributed by atoms with van der Waals surface area (Å²) in [5, 5.41) is 3.00. The van der Waals surface area contributed by atoms with Crippen LogP contribution in [0.3, 0.4) is 0 Å². The Balaban J connectivity index is 2.16. The molecule has 0 aliphatic rings. The molecule has 0 atom stereocenters. The first kappa shape index (κ1) is 14.6. The Morgan fingerprint density at radius 1 is 1.20 bits per heavy atom. The summed E-state index contributed by atoms with van der Waals surface area (Å²) in [7, 11) is -3.68. The van der Waals surface area contributed by atoms with Crippen LogP contribution in [0.4, 0.5) is 5.69 Å². The molecule has 0 aliphatic heterocycles. The van der Waals surface area contributed by atoms with E-state index in [1.54, 1.807) is 24.3 Å². The van der Waals surface area contributed by atoms with Gasteiger partial charge in [-0.1, -0.05) is 19.1 Å². The molecule has 0 aliphatic carbocycles. The lowest BCUT2D eigenvalue weighted by molar-refractivity contribution is 0.405. The molecule has 6 heteroatoms. The fourth-order valence-corrected chi connectivity index (χ4v) is 2.76. The maximum Gasteiger partial charge on any atom is 0.295 e. The third-order valence-electron chi connectivity index (χ3n) is 2.72. The molecule has 0 radical (unpaired) electrons. The van der Waals surface area contributed by atoms with Gasteiger partial charge in [0.25, 0.3) is 10.0 Å². The first-order valence-electron chi connectivity index (χ1n) is 6.40. The van der Waals surface area contributed by atoms with Gasteiger partial charge in [0.2, 0.25) is 5.09 Å². The summed E-state index contributed by atoms with van der Waals surface area (Å²) in [6, 6.07) is 10.3. The molecule has 1 aromatic carbocycles. The molecule has 0 saturated heterocycles. The van der Waals surface area contributed by atoms with Crippen molar-refractivity contribution in [1.82, 2.24) is 5.32 Å². The lowest BCUT2D eigenvalue weighted by Crippen LogP contribution is -2.13. The minimum Gasteiger partial charge on any atom is -0.446 e. The predicted octanol–water partition coefficient (Wildman–Crippen LogP) is 2.50. The Hall–Kier alpha value is -1.79. The van der Waals surface area contributed by atoms with Crippen LogP contribution in [-0.4, -0.2) is 15.0 Å². The van der Waals surface area contributed by atoms with Gasteiger partial charge in [0.05, 0.1) is 6.54 Å². The number of anilines is 1. The van der Waals surface area contributed by atoms with E-state index in [-0.39, 0.29) is 5.09 Å². The van der Waals surface area contributed by atoms with E-state index >= 15 is 0 Å². The summed E-state index contributed by atoms with van der Waals surface area (Å²) >= 11 is 0. The molecule has 5 nitrogen and oxygen atoms in total. The van der Waals surface area contributed by atoms with Crippen molar-refractivity contribution in [2.24, 2.45) is 0 Å². The molecule has 108 valence electrons. The number of benzene rings is 1. The Morgan fingerprint density at radius 2 is 2.00 bits per heavy atom. The minimum atomic E-state index is -3.68. The molecule has 1 heterocycles. The van der Waals surface area contributed by atoms with Crippen LogP contribution < -0.4 is 10.0 Å². The zero-order valence-electron chi connectivity index (χ0n) is 11.5.